The lowest BCUT2D eigenvalue weighted by Crippen LogP contribution is -2.51. The fraction of sp³-hybridized carbons (Fsp3) is 0.286. The SMILES string of the molecule is CN1C(=O)C(C)(C)Oc2c1c(N)nc1ccc(Br)cc21. The van der Waals surface area contributed by atoms with Crippen LogP contribution < -0.4 is 15.4 Å². The number of nitrogens with two attached hydrogens (primary N) is 1. The van der Waals surface area contributed by atoms with Crippen LogP contribution in [0.4, 0.5) is 11.5 Å². The van der Waals surface area contributed by atoms with Gasteiger partial charge in [0.15, 0.2) is 17.2 Å². The summed E-state index contributed by atoms with van der Waals surface area (Å²) in [5.41, 5.74) is 6.33. The molecule has 1 aromatic carbocycles. The molecule has 0 saturated heterocycles. The standard InChI is InChI=1S/C14H14BrN3O2/c1-14(2)13(19)18(3)10-11(20-14)8-6-7(15)4-5-9(8)17-12(10)16/h4-6H,1-3H3,(H2,16,17). The zero-order chi connectivity index (χ0) is 14.7. The number of nitrogens with zero attached hydrogens (tertiary/aromatic N) is 2. The van der Waals surface area contributed by atoms with Gasteiger partial charge in [0.05, 0.1) is 5.52 Å². The monoisotopic (exact) mass is 335 g/mol. The number of likely N-dealkylation sites (N-methyl/N-ethyl adjacent to an activating group) is 1. The van der Waals surface area contributed by atoms with Gasteiger partial charge in [-0.3, -0.25) is 4.79 Å². The fourth-order valence-corrected chi connectivity index (χ4v) is 2.81. The van der Waals surface area contributed by atoms with Crippen molar-refractivity contribution in [2.75, 3.05) is 17.7 Å². The molecule has 1 aliphatic rings. The molecule has 2 N–H and O–H groups in total. The summed E-state index contributed by atoms with van der Waals surface area (Å²) in [6.45, 7) is 3.49. The molecule has 104 valence electrons. The molecule has 20 heavy (non-hydrogen) atoms. The van der Waals surface area contributed by atoms with Crippen LogP contribution in [0.1, 0.15) is 13.8 Å². The summed E-state index contributed by atoms with van der Waals surface area (Å²) in [4.78, 5) is 18.1. The van der Waals surface area contributed by atoms with Crippen LogP contribution in [0.5, 0.6) is 5.75 Å². The van der Waals surface area contributed by atoms with E-state index in [0.717, 1.165) is 15.4 Å². The number of rotatable bonds is 0. The Hall–Kier alpha value is -1.82. The first-order valence-electron chi connectivity index (χ1n) is 6.17. The number of ether oxygens (including phenoxy) is 1. The van der Waals surface area contributed by atoms with E-state index < -0.39 is 5.60 Å². The van der Waals surface area contributed by atoms with Crippen LogP contribution >= 0.6 is 15.9 Å². The number of hydrogen-bond donors (Lipinski definition) is 1. The number of nitrogen functional groups attached to an aromatic ring is 1. The van der Waals surface area contributed by atoms with E-state index in [-0.39, 0.29) is 5.91 Å². The minimum absolute atomic E-state index is 0.146. The topological polar surface area (TPSA) is 68.5 Å². The predicted molar refractivity (Wildman–Crippen MR) is 82.0 cm³/mol. The molecule has 0 atom stereocenters. The summed E-state index contributed by atoms with van der Waals surface area (Å²) in [5, 5.41) is 0.830. The zero-order valence-corrected chi connectivity index (χ0v) is 13.0. The van der Waals surface area contributed by atoms with Gasteiger partial charge in [-0.25, -0.2) is 4.98 Å². The van der Waals surface area contributed by atoms with Gasteiger partial charge in [0.1, 0.15) is 5.69 Å². The number of hydrogen-bond acceptors (Lipinski definition) is 4. The average molecular weight is 336 g/mol. The molecule has 0 radical (unpaired) electrons. The van der Waals surface area contributed by atoms with Crippen molar-refractivity contribution in [2.24, 2.45) is 0 Å². The number of amides is 1. The first-order chi connectivity index (χ1) is 9.31. The highest BCUT2D eigenvalue weighted by Crippen LogP contribution is 2.45. The van der Waals surface area contributed by atoms with E-state index in [9.17, 15) is 4.79 Å². The lowest BCUT2D eigenvalue weighted by molar-refractivity contribution is -0.132. The number of halogens is 1. The molecule has 5 nitrogen and oxygen atoms in total. The van der Waals surface area contributed by atoms with Gasteiger partial charge in [0, 0.05) is 16.9 Å². The number of fused-ring (bicyclic) bond motifs is 3. The smallest absolute Gasteiger partial charge is 0.270 e. The minimum atomic E-state index is -0.926. The fourth-order valence-electron chi connectivity index (χ4n) is 2.45. The highest BCUT2D eigenvalue weighted by Gasteiger charge is 2.41. The van der Waals surface area contributed by atoms with Crippen LogP contribution in [0.3, 0.4) is 0 Å². The molecule has 0 saturated carbocycles. The second-order valence-corrected chi connectivity index (χ2v) is 6.23. The number of anilines is 2. The molecule has 1 amide bonds. The van der Waals surface area contributed by atoms with Gasteiger partial charge < -0.3 is 15.4 Å². The predicted octanol–water partition coefficient (Wildman–Crippen LogP) is 2.71. The van der Waals surface area contributed by atoms with E-state index in [1.807, 2.05) is 18.2 Å². The lowest BCUT2D eigenvalue weighted by atomic mass is 10.0. The van der Waals surface area contributed by atoms with E-state index >= 15 is 0 Å². The van der Waals surface area contributed by atoms with Gasteiger partial charge in [-0.15, -0.1) is 0 Å². The number of carbonyl (C=O) groups is 1. The second-order valence-electron chi connectivity index (χ2n) is 5.31. The van der Waals surface area contributed by atoms with Crippen molar-refractivity contribution >= 4 is 44.2 Å². The number of pyridine rings is 1. The van der Waals surface area contributed by atoms with Crippen molar-refractivity contribution in [3.8, 4) is 5.75 Å². The molecule has 1 aliphatic heterocycles. The van der Waals surface area contributed by atoms with Gasteiger partial charge in [-0.05, 0) is 32.0 Å². The maximum Gasteiger partial charge on any atom is 0.270 e. The lowest BCUT2D eigenvalue weighted by Gasteiger charge is -2.37. The van der Waals surface area contributed by atoms with Gasteiger partial charge >= 0.3 is 0 Å². The molecular weight excluding hydrogens is 322 g/mol. The van der Waals surface area contributed by atoms with Crippen LogP contribution in [0.2, 0.25) is 0 Å². The Labute approximate surface area is 124 Å². The third kappa shape index (κ3) is 1.75. The summed E-state index contributed by atoms with van der Waals surface area (Å²) in [5.74, 6) is 0.745. The Morgan fingerprint density at radius 1 is 1.40 bits per heavy atom. The van der Waals surface area contributed by atoms with Gasteiger partial charge in [0.25, 0.3) is 5.91 Å². The molecule has 6 heteroatoms. The number of aromatic nitrogens is 1. The Morgan fingerprint density at radius 3 is 2.80 bits per heavy atom. The van der Waals surface area contributed by atoms with Crippen molar-refractivity contribution in [1.29, 1.82) is 0 Å². The third-order valence-electron chi connectivity index (χ3n) is 3.41. The molecular formula is C14H14BrN3O2. The van der Waals surface area contributed by atoms with Crippen molar-refractivity contribution < 1.29 is 9.53 Å². The van der Waals surface area contributed by atoms with Crippen molar-refractivity contribution in [3.05, 3.63) is 22.7 Å². The summed E-state index contributed by atoms with van der Waals surface area (Å²) >= 11 is 3.44. The minimum Gasteiger partial charge on any atom is -0.475 e. The van der Waals surface area contributed by atoms with Crippen molar-refractivity contribution in [2.45, 2.75) is 19.4 Å². The molecule has 0 spiro atoms. The quantitative estimate of drug-likeness (QED) is 0.803. The van der Waals surface area contributed by atoms with Crippen LogP contribution in [-0.2, 0) is 4.79 Å². The van der Waals surface area contributed by atoms with Gasteiger partial charge in [0.2, 0.25) is 0 Å². The van der Waals surface area contributed by atoms with Crippen molar-refractivity contribution in [3.63, 3.8) is 0 Å². The first kappa shape index (κ1) is 13.2. The van der Waals surface area contributed by atoms with E-state index in [2.05, 4.69) is 20.9 Å². The molecule has 2 heterocycles. The molecule has 3 rings (SSSR count). The van der Waals surface area contributed by atoms with Crippen LogP contribution in [0, 0.1) is 0 Å². The first-order valence-corrected chi connectivity index (χ1v) is 6.96. The molecule has 0 fully saturated rings. The molecule has 0 aliphatic carbocycles. The Bertz CT molecular complexity index is 743. The van der Waals surface area contributed by atoms with Gasteiger partial charge in [-0.2, -0.15) is 0 Å². The van der Waals surface area contributed by atoms with E-state index in [1.54, 1.807) is 20.9 Å². The largest absolute Gasteiger partial charge is 0.475 e. The summed E-state index contributed by atoms with van der Waals surface area (Å²) < 4.78 is 6.84. The maximum absolute atomic E-state index is 12.3. The normalized spacial score (nSPS) is 17.0. The highest BCUT2D eigenvalue weighted by atomic mass is 79.9. The van der Waals surface area contributed by atoms with Crippen molar-refractivity contribution in [1.82, 2.24) is 4.98 Å². The van der Waals surface area contributed by atoms with Crippen LogP contribution in [-0.4, -0.2) is 23.5 Å². The van der Waals surface area contributed by atoms with E-state index in [1.165, 1.54) is 4.90 Å². The Kier molecular flexibility index (Phi) is 2.69. The average Bonchev–Trinajstić information content (AvgIpc) is 2.36. The summed E-state index contributed by atoms with van der Waals surface area (Å²) in [7, 11) is 1.69. The van der Waals surface area contributed by atoms with Crippen LogP contribution in [0.15, 0.2) is 22.7 Å². The number of carbonyl (C=O) groups excluding carboxylic acids is 1. The van der Waals surface area contributed by atoms with Crippen LogP contribution in [0.25, 0.3) is 10.9 Å². The summed E-state index contributed by atoms with van der Waals surface area (Å²) in [6.07, 6.45) is 0. The van der Waals surface area contributed by atoms with E-state index in [0.29, 0.717) is 17.3 Å². The molecule has 0 bridgehead atoms. The highest BCUT2D eigenvalue weighted by molar-refractivity contribution is 9.10. The number of benzene rings is 1. The Balaban J connectivity index is 2.40. The van der Waals surface area contributed by atoms with Gasteiger partial charge in [-0.1, -0.05) is 15.9 Å². The molecule has 2 aromatic rings. The summed E-state index contributed by atoms with van der Waals surface area (Å²) in [6, 6.07) is 5.67. The second kappa shape index (κ2) is 4.09. The maximum atomic E-state index is 12.3. The molecule has 1 aromatic heterocycles. The molecule has 0 unspecified atom stereocenters. The van der Waals surface area contributed by atoms with E-state index in [4.69, 9.17) is 10.5 Å². The zero-order valence-electron chi connectivity index (χ0n) is 11.4. The Morgan fingerprint density at radius 2 is 2.10 bits per heavy atom. The third-order valence-corrected chi connectivity index (χ3v) is 3.91.